The van der Waals surface area contributed by atoms with Gasteiger partial charge in [0.05, 0.1) is 18.2 Å². The lowest BCUT2D eigenvalue weighted by Gasteiger charge is -2.21. The minimum Gasteiger partial charge on any atom is -0.465 e. The predicted octanol–water partition coefficient (Wildman–Crippen LogP) is 3.89. The molecule has 1 aliphatic rings. The summed E-state index contributed by atoms with van der Waals surface area (Å²) in [4.78, 5) is 52.4. The zero-order chi connectivity index (χ0) is 21.4. The number of amides is 3. The Hall–Kier alpha value is -3.30. The SMILES string of the molecule is COC(=O)c1c(-c2cccs2)csc1NC(=O)[C@@H](C)N1C(=O)c2ccccc2C1=O. The van der Waals surface area contributed by atoms with Crippen LogP contribution in [-0.4, -0.2) is 41.7 Å². The first-order valence-electron chi connectivity index (χ1n) is 8.95. The summed E-state index contributed by atoms with van der Waals surface area (Å²) in [5.41, 5.74) is 1.44. The predicted molar refractivity (Wildman–Crippen MR) is 114 cm³/mol. The van der Waals surface area contributed by atoms with Crippen molar-refractivity contribution in [1.29, 1.82) is 0 Å². The maximum Gasteiger partial charge on any atom is 0.341 e. The minimum absolute atomic E-state index is 0.243. The number of fused-ring (bicyclic) bond motifs is 1. The Balaban J connectivity index is 1.61. The van der Waals surface area contributed by atoms with Gasteiger partial charge in [-0.05, 0) is 30.5 Å². The third kappa shape index (κ3) is 3.21. The number of rotatable bonds is 5. The highest BCUT2D eigenvalue weighted by Crippen LogP contribution is 2.38. The average Bonchev–Trinajstić information content (AvgIpc) is 3.47. The van der Waals surface area contributed by atoms with E-state index in [0.29, 0.717) is 10.6 Å². The largest absolute Gasteiger partial charge is 0.465 e. The molecule has 2 aromatic heterocycles. The molecule has 1 N–H and O–H groups in total. The molecule has 3 aromatic rings. The number of carbonyl (C=O) groups is 4. The maximum atomic E-state index is 12.9. The van der Waals surface area contributed by atoms with Crippen LogP contribution in [0.3, 0.4) is 0 Å². The van der Waals surface area contributed by atoms with E-state index >= 15 is 0 Å². The van der Waals surface area contributed by atoms with Crippen molar-refractivity contribution in [3.8, 4) is 10.4 Å². The van der Waals surface area contributed by atoms with Crippen molar-refractivity contribution in [1.82, 2.24) is 4.90 Å². The van der Waals surface area contributed by atoms with Crippen molar-refractivity contribution in [2.24, 2.45) is 0 Å². The zero-order valence-electron chi connectivity index (χ0n) is 16.0. The first-order chi connectivity index (χ1) is 14.4. The number of nitrogens with zero attached hydrogens (tertiary/aromatic N) is 1. The number of methoxy groups -OCH3 is 1. The fourth-order valence-electron chi connectivity index (χ4n) is 3.26. The minimum atomic E-state index is -1.06. The lowest BCUT2D eigenvalue weighted by molar-refractivity contribution is -0.119. The van der Waals surface area contributed by atoms with Crippen molar-refractivity contribution < 1.29 is 23.9 Å². The van der Waals surface area contributed by atoms with Gasteiger partial charge in [-0.2, -0.15) is 0 Å². The van der Waals surface area contributed by atoms with Gasteiger partial charge in [0.15, 0.2) is 0 Å². The number of imide groups is 1. The molecule has 152 valence electrons. The van der Waals surface area contributed by atoms with Crippen LogP contribution in [0, 0.1) is 0 Å². The van der Waals surface area contributed by atoms with Gasteiger partial charge in [-0.3, -0.25) is 19.3 Å². The van der Waals surface area contributed by atoms with Crippen LogP contribution in [0.5, 0.6) is 0 Å². The van der Waals surface area contributed by atoms with Gasteiger partial charge in [-0.25, -0.2) is 4.79 Å². The van der Waals surface area contributed by atoms with E-state index in [1.807, 2.05) is 17.5 Å². The number of anilines is 1. The van der Waals surface area contributed by atoms with E-state index in [1.54, 1.807) is 29.6 Å². The van der Waals surface area contributed by atoms with Crippen LogP contribution in [0.15, 0.2) is 47.2 Å². The van der Waals surface area contributed by atoms with Gasteiger partial charge in [0, 0.05) is 15.8 Å². The molecule has 1 atom stereocenters. The fraction of sp³-hybridized carbons (Fsp3) is 0.143. The Kier molecular flexibility index (Phi) is 5.23. The van der Waals surface area contributed by atoms with E-state index in [0.717, 1.165) is 9.78 Å². The van der Waals surface area contributed by atoms with Crippen molar-refractivity contribution in [3.05, 3.63) is 63.8 Å². The van der Waals surface area contributed by atoms with E-state index in [-0.39, 0.29) is 16.7 Å². The molecule has 1 aromatic carbocycles. The van der Waals surface area contributed by atoms with Gasteiger partial charge in [0.1, 0.15) is 16.6 Å². The number of esters is 1. The standard InChI is InChI=1S/C21H16N2O5S2/c1-11(23-19(25)12-6-3-4-7-13(12)20(23)26)17(24)22-18-16(21(27)28-2)14(10-30-18)15-8-5-9-29-15/h3-11H,1-2H3,(H,22,24)/t11-/m1/s1. The lowest BCUT2D eigenvalue weighted by atomic mass is 10.1. The molecular weight excluding hydrogens is 424 g/mol. The molecule has 3 heterocycles. The molecule has 0 radical (unpaired) electrons. The quantitative estimate of drug-likeness (QED) is 0.480. The van der Waals surface area contributed by atoms with Crippen molar-refractivity contribution in [3.63, 3.8) is 0 Å². The first-order valence-corrected chi connectivity index (χ1v) is 10.7. The summed E-state index contributed by atoms with van der Waals surface area (Å²) in [6.45, 7) is 1.47. The highest BCUT2D eigenvalue weighted by molar-refractivity contribution is 7.17. The second-order valence-electron chi connectivity index (χ2n) is 6.51. The Morgan fingerprint density at radius 2 is 1.67 bits per heavy atom. The Morgan fingerprint density at radius 3 is 2.23 bits per heavy atom. The summed E-state index contributed by atoms with van der Waals surface area (Å²) in [7, 11) is 1.27. The van der Waals surface area contributed by atoms with Gasteiger partial charge in [-0.1, -0.05) is 18.2 Å². The van der Waals surface area contributed by atoms with Gasteiger partial charge < -0.3 is 10.1 Å². The smallest absolute Gasteiger partial charge is 0.341 e. The molecule has 0 saturated heterocycles. The van der Waals surface area contributed by atoms with Crippen LogP contribution in [0.1, 0.15) is 38.0 Å². The van der Waals surface area contributed by atoms with E-state index in [9.17, 15) is 19.2 Å². The number of nitrogens with one attached hydrogen (secondary N) is 1. The molecule has 0 unspecified atom stereocenters. The monoisotopic (exact) mass is 440 g/mol. The van der Waals surface area contributed by atoms with Crippen LogP contribution in [0.25, 0.3) is 10.4 Å². The van der Waals surface area contributed by atoms with Crippen molar-refractivity contribution in [2.75, 3.05) is 12.4 Å². The molecule has 3 amide bonds. The third-order valence-corrected chi connectivity index (χ3v) is 6.59. The molecule has 0 fully saturated rings. The van der Waals surface area contributed by atoms with E-state index in [2.05, 4.69) is 5.32 Å². The number of hydrogen-bond donors (Lipinski definition) is 1. The second kappa shape index (κ2) is 7.85. The molecule has 0 saturated carbocycles. The second-order valence-corrected chi connectivity index (χ2v) is 8.34. The Bertz CT molecular complexity index is 1130. The average molecular weight is 441 g/mol. The zero-order valence-corrected chi connectivity index (χ0v) is 17.6. The summed E-state index contributed by atoms with van der Waals surface area (Å²) in [6, 6.07) is 9.12. The van der Waals surface area contributed by atoms with E-state index in [4.69, 9.17) is 4.74 Å². The van der Waals surface area contributed by atoms with E-state index < -0.39 is 29.7 Å². The van der Waals surface area contributed by atoms with Crippen LogP contribution >= 0.6 is 22.7 Å². The number of hydrogen-bond acceptors (Lipinski definition) is 7. The summed E-state index contributed by atoms with van der Waals surface area (Å²) in [6.07, 6.45) is 0. The molecule has 0 bridgehead atoms. The van der Waals surface area contributed by atoms with Crippen molar-refractivity contribution in [2.45, 2.75) is 13.0 Å². The lowest BCUT2D eigenvalue weighted by Crippen LogP contribution is -2.45. The van der Waals surface area contributed by atoms with Crippen molar-refractivity contribution >= 4 is 51.4 Å². The number of carbonyl (C=O) groups excluding carboxylic acids is 4. The number of benzene rings is 1. The van der Waals surface area contributed by atoms with E-state index in [1.165, 1.54) is 36.7 Å². The summed E-state index contributed by atoms with van der Waals surface area (Å²) in [5, 5.41) is 6.64. The first kappa shape index (κ1) is 20.0. The molecule has 1 aliphatic heterocycles. The van der Waals surface area contributed by atoms with Crippen LogP contribution in [0.4, 0.5) is 5.00 Å². The normalized spacial score (nSPS) is 13.9. The molecule has 4 rings (SSSR count). The topological polar surface area (TPSA) is 92.8 Å². The van der Waals surface area contributed by atoms with Crippen LogP contribution in [0.2, 0.25) is 0 Å². The van der Waals surface area contributed by atoms with Gasteiger partial charge in [0.25, 0.3) is 11.8 Å². The highest BCUT2D eigenvalue weighted by atomic mass is 32.1. The summed E-state index contributed by atoms with van der Waals surface area (Å²) in [5.74, 6) is -2.19. The molecule has 0 spiro atoms. The highest BCUT2D eigenvalue weighted by Gasteiger charge is 2.41. The number of thiophene rings is 2. The number of ether oxygens (including phenoxy) is 1. The Labute approximate surface area is 179 Å². The fourth-order valence-corrected chi connectivity index (χ4v) is 5.04. The molecule has 7 nitrogen and oxygen atoms in total. The maximum absolute atomic E-state index is 12.9. The molecule has 30 heavy (non-hydrogen) atoms. The third-order valence-electron chi connectivity index (χ3n) is 4.80. The summed E-state index contributed by atoms with van der Waals surface area (Å²) >= 11 is 2.64. The van der Waals surface area contributed by atoms with Gasteiger partial charge in [0.2, 0.25) is 5.91 Å². The summed E-state index contributed by atoms with van der Waals surface area (Å²) < 4.78 is 4.89. The molecule has 0 aliphatic carbocycles. The van der Waals surface area contributed by atoms with Crippen LogP contribution in [-0.2, 0) is 9.53 Å². The molecular formula is C21H16N2O5S2. The van der Waals surface area contributed by atoms with Gasteiger partial charge >= 0.3 is 5.97 Å². The molecule has 9 heteroatoms. The Morgan fingerprint density at radius 1 is 1.00 bits per heavy atom. The van der Waals surface area contributed by atoms with Crippen LogP contribution < -0.4 is 5.32 Å². The van der Waals surface area contributed by atoms with Gasteiger partial charge in [-0.15, -0.1) is 22.7 Å².